The van der Waals surface area contributed by atoms with E-state index in [9.17, 15) is 0 Å². The van der Waals surface area contributed by atoms with Gasteiger partial charge in [-0.05, 0) is 68.8 Å². The van der Waals surface area contributed by atoms with Gasteiger partial charge in [0.1, 0.15) is 0 Å². The van der Waals surface area contributed by atoms with Gasteiger partial charge in [-0.3, -0.25) is 0 Å². The molecule has 2 aromatic heterocycles. The highest BCUT2D eigenvalue weighted by molar-refractivity contribution is 6.04. The molecule has 0 fully saturated rings. The van der Waals surface area contributed by atoms with Gasteiger partial charge in [-0.2, -0.15) is 0 Å². The van der Waals surface area contributed by atoms with E-state index >= 15 is 0 Å². The maximum absolute atomic E-state index is 5.34. The fourth-order valence-corrected chi connectivity index (χ4v) is 8.28. The zero-order chi connectivity index (χ0) is 38.4. The monoisotopic (exact) mass is 738 g/mol. The molecule has 0 amide bonds. The van der Waals surface area contributed by atoms with E-state index in [-0.39, 0.29) is 0 Å². The van der Waals surface area contributed by atoms with Crippen LogP contribution in [0, 0.1) is 0 Å². The minimum Gasteiger partial charge on any atom is -0.244 e. The van der Waals surface area contributed by atoms with E-state index in [1.165, 1.54) is 44.5 Å². The molecule has 4 heteroatoms. The fourth-order valence-electron chi connectivity index (χ4n) is 8.28. The van der Waals surface area contributed by atoms with Crippen LogP contribution in [0.3, 0.4) is 0 Å². The first-order valence-electron chi connectivity index (χ1n) is 19.6. The molecule has 8 aromatic carbocycles. The van der Waals surface area contributed by atoms with Crippen molar-refractivity contribution in [1.82, 2.24) is 19.9 Å². The maximum Gasteiger partial charge on any atom is 0.160 e. The van der Waals surface area contributed by atoms with E-state index in [1.807, 2.05) is 60.7 Å². The molecule has 1 aliphatic rings. The molecule has 11 rings (SSSR count). The van der Waals surface area contributed by atoms with E-state index in [0.29, 0.717) is 5.82 Å². The van der Waals surface area contributed by atoms with Crippen LogP contribution >= 0.6 is 0 Å². The van der Waals surface area contributed by atoms with E-state index in [0.717, 1.165) is 61.6 Å². The maximum atomic E-state index is 5.34. The lowest BCUT2D eigenvalue weighted by Gasteiger charge is -2.23. The predicted molar refractivity (Wildman–Crippen MR) is 238 cm³/mol. The summed E-state index contributed by atoms with van der Waals surface area (Å²) in [5.41, 5.74) is 19.7. The second-order valence-corrected chi connectivity index (χ2v) is 14.6. The number of rotatable bonds is 5. The molecule has 2 heterocycles. The number of fused-ring (bicyclic) bond motifs is 9. The molecule has 4 nitrogen and oxygen atoms in total. The molecule has 0 saturated carbocycles. The average molecular weight is 739 g/mol. The molecule has 0 atom stereocenters. The van der Waals surface area contributed by atoms with Gasteiger partial charge in [0.25, 0.3) is 0 Å². The van der Waals surface area contributed by atoms with Gasteiger partial charge in [-0.25, -0.2) is 19.9 Å². The Labute approximate surface area is 336 Å². The number of aromatic nitrogens is 4. The zero-order valence-electron chi connectivity index (χ0n) is 31.4. The molecular formula is C54H34N4. The molecule has 270 valence electrons. The lowest BCUT2D eigenvalue weighted by Crippen LogP contribution is -1.99. The van der Waals surface area contributed by atoms with Crippen molar-refractivity contribution >= 4 is 11.0 Å². The lowest BCUT2D eigenvalue weighted by molar-refractivity contribution is 1.18. The molecule has 0 saturated heterocycles. The summed E-state index contributed by atoms with van der Waals surface area (Å²) < 4.78 is 0. The minimum absolute atomic E-state index is 0.690. The Hall–Kier alpha value is -7.82. The summed E-state index contributed by atoms with van der Waals surface area (Å²) in [6.07, 6.45) is 0. The van der Waals surface area contributed by atoms with Crippen molar-refractivity contribution in [1.29, 1.82) is 0 Å². The third-order valence-electron chi connectivity index (χ3n) is 11.1. The Bertz CT molecular complexity index is 3090. The number of hydrogen-bond acceptors (Lipinski definition) is 4. The summed E-state index contributed by atoms with van der Waals surface area (Å²) in [6.45, 7) is 0. The lowest BCUT2D eigenvalue weighted by atomic mass is 9.80. The third kappa shape index (κ3) is 5.87. The molecule has 0 aliphatic heterocycles. The molecule has 10 aromatic rings. The first-order valence-corrected chi connectivity index (χ1v) is 19.6. The fraction of sp³-hybridized carbons (Fsp3) is 0. The molecular weight excluding hydrogens is 705 g/mol. The number of hydrogen-bond donors (Lipinski definition) is 0. The Kier molecular flexibility index (Phi) is 8.11. The standard InChI is InChI=1S/C54H34N4/c1-3-15-35(16-4-1)50-34-51(58-54(57-50)38-17-5-2-6-18-38)36-27-29-37(30-28-36)52-53(56-49-26-14-13-25-48(49)55-52)39-31-32-46-44-23-10-9-21-42(44)40-19-7-8-20-41(40)43-22-11-12-24-45(43)47(46)33-39/h1-34H. The molecule has 58 heavy (non-hydrogen) atoms. The van der Waals surface area contributed by atoms with E-state index in [2.05, 4.69) is 146 Å². The number of benzene rings is 8. The van der Waals surface area contributed by atoms with Crippen LogP contribution in [0.1, 0.15) is 0 Å². The molecule has 0 N–H and O–H groups in total. The van der Waals surface area contributed by atoms with Crippen LogP contribution in [0.5, 0.6) is 0 Å². The van der Waals surface area contributed by atoms with Crippen LogP contribution in [-0.4, -0.2) is 19.9 Å². The second kappa shape index (κ2) is 14.0. The van der Waals surface area contributed by atoms with E-state index in [1.54, 1.807) is 0 Å². The topological polar surface area (TPSA) is 51.6 Å². The number of para-hydroxylation sites is 2. The van der Waals surface area contributed by atoms with Gasteiger partial charge in [0.15, 0.2) is 5.82 Å². The van der Waals surface area contributed by atoms with Crippen molar-refractivity contribution in [2.75, 3.05) is 0 Å². The van der Waals surface area contributed by atoms with Crippen LogP contribution < -0.4 is 0 Å². The summed E-state index contributed by atoms with van der Waals surface area (Å²) >= 11 is 0. The van der Waals surface area contributed by atoms with Crippen molar-refractivity contribution in [3.05, 3.63) is 206 Å². The summed E-state index contributed by atoms with van der Waals surface area (Å²) in [7, 11) is 0. The summed E-state index contributed by atoms with van der Waals surface area (Å²) in [5.74, 6) is 0.690. The third-order valence-corrected chi connectivity index (χ3v) is 11.1. The first-order chi connectivity index (χ1) is 28.7. The highest BCUT2D eigenvalue weighted by Crippen LogP contribution is 2.48. The van der Waals surface area contributed by atoms with Gasteiger partial charge < -0.3 is 0 Å². The van der Waals surface area contributed by atoms with Crippen molar-refractivity contribution in [3.63, 3.8) is 0 Å². The average Bonchev–Trinajstić information content (AvgIpc) is 3.31. The Balaban J connectivity index is 1.07. The molecule has 0 unspecified atom stereocenters. The number of nitrogens with zero attached hydrogens (tertiary/aromatic N) is 4. The highest BCUT2D eigenvalue weighted by atomic mass is 14.9. The summed E-state index contributed by atoms with van der Waals surface area (Å²) in [4.78, 5) is 20.7. The highest BCUT2D eigenvalue weighted by Gasteiger charge is 2.23. The van der Waals surface area contributed by atoms with Gasteiger partial charge in [0.2, 0.25) is 0 Å². The molecule has 0 radical (unpaired) electrons. The zero-order valence-corrected chi connectivity index (χ0v) is 31.4. The second-order valence-electron chi connectivity index (χ2n) is 14.6. The molecule has 0 bridgehead atoms. The van der Waals surface area contributed by atoms with Gasteiger partial charge in [0.05, 0.1) is 33.8 Å². The Morgan fingerprint density at radius 2 is 0.586 bits per heavy atom. The summed E-state index contributed by atoms with van der Waals surface area (Å²) in [6, 6.07) is 72.2. The normalized spacial score (nSPS) is 11.4. The van der Waals surface area contributed by atoms with Crippen LogP contribution in [0.2, 0.25) is 0 Å². The van der Waals surface area contributed by atoms with Crippen molar-refractivity contribution in [2.24, 2.45) is 0 Å². The van der Waals surface area contributed by atoms with Gasteiger partial charge in [-0.1, -0.05) is 182 Å². The van der Waals surface area contributed by atoms with Crippen molar-refractivity contribution in [2.45, 2.75) is 0 Å². The van der Waals surface area contributed by atoms with Gasteiger partial charge in [-0.15, -0.1) is 0 Å². The van der Waals surface area contributed by atoms with E-state index in [4.69, 9.17) is 19.9 Å². The van der Waals surface area contributed by atoms with Gasteiger partial charge in [0, 0.05) is 27.8 Å². The quantitative estimate of drug-likeness (QED) is 0.176. The van der Waals surface area contributed by atoms with Crippen molar-refractivity contribution < 1.29 is 0 Å². The van der Waals surface area contributed by atoms with E-state index < -0.39 is 0 Å². The SMILES string of the molecule is c1ccc(-c2cc(-c3ccc(-c4nc5ccccc5nc4-c4ccc5c(c4)-c4ccccc4-c4ccccc4-c4ccccc4-5)cc3)nc(-c3ccccc3)n2)cc1. The largest absolute Gasteiger partial charge is 0.244 e. The smallest absolute Gasteiger partial charge is 0.160 e. The first kappa shape index (κ1) is 33.5. The molecule has 1 aliphatic carbocycles. The van der Waals surface area contributed by atoms with Crippen LogP contribution in [0.25, 0.3) is 112 Å². The van der Waals surface area contributed by atoms with Crippen LogP contribution in [0.4, 0.5) is 0 Å². The molecule has 0 spiro atoms. The minimum atomic E-state index is 0.690. The summed E-state index contributed by atoms with van der Waals surface area (Å²) in [5, 5.41) is 0. The Morgan fingerprint density at radius 3 is 1.10 bits per heavy atom. The van der Waals surface area contributed by atoms with Crippen LogP contribution in [-0.2, 0) is 0 Å². The Morgan fingerprint density at radius 1 is 0.224 bits per heavy atom. The predicted octanol–water partition coefficient (Wildman–Crippen LogP) is 13.7. The van der Waals surface area contributed by atoms with Crippen molar-refractivity contribution in [3.8, 4) is 101 Å². The van der Waals surface area contributed by atoms with Crippen LogP contribution in [0.15, 0.2) is 206 Å². The van der Waals surface area contributed by atoms with Gasteiger partial charge >= 0.3 is 0 Å².